The Balaban J connectivity index is 1.62. The number of rotatable bonds is 6. The van der Waals surface area contributed by atoms with Crippen molar-refractivity contribution in [3.05, 3.63) is 100 Å². The molecule has 2 heterocycles. The molecule has 0 aliphatic carbocycles. The largest absolute Gasteiger partial charge is 0.507 e. The Morgan fingerprint density at radius 1 is 1.03 bits per heavy atom. The molecule has 5 rings (SSSR count). The molecule has 0 saturated carbocycles. The highest BCUT2D eigenvalue weighted by Gasteiger charge is 2.47. The number of carbonyl (C=O) groups excluding carboxylic acids is 2. The average molecular weight is 500 g/mol. The molecule has 2 aliphatic heterocycles. The summed E-state index contributed by atoms with van der Waals surface area (Å²) in [6, 6.07) is 17.4. The van der Waals surface area contributed by atoms with E-state index in [-0.39, 0.29) is 29.5 Å². The van der Waals surface area contributed by atoms with E-state index in [1.54, 1.807) is 54.6 Å². The number of hydrogen-bond acceptors (Lipinski definition) is 6. The molecule has 2 aliphatic rings. The minimum atomic E-state index is -1.06. The Morgan fingerprint density at radius 3 is 2.43 bits per heavy atom. The van der Waals surface area contributed by atoms with Crippen molar-refractivity contribution in [1.29, 1.82) is 0 Å². The fourth-order valence-corrected chi connectivity index (χ4v) is 4.93. The number of methoxy groups -OCH3 is 1. The fraction of sp³-hybridized carbons (Fsp3) is 0.207. The van der Waals surface area contributed by atoms with Crippen LogP contribution in [0.15, 0.2) is 72.3 Å². The van der Waals surface area contributed by atoms with Gasteiger partial charge in [-0.3, -0.25) is 9.59 Å². The van der Waals surface area contributed by atoms with Crippen molar-refractivity contribution in [3.8, 4) is 11.5 Å². The summed E-state index contributed by atoms with van der Waals surface area (Å²) in [7, 11) is 1.50. The Morgan fingerprint density at radius 2 is 1.73 bits per heavy atom. The predicted octanol–water partition coefficient (Wildman–Crippen LogP) is 4.34. The number of ketones is 1. The van der Waals surface area contributed by atoms with Crippen molar-refractivity contribution in [3.63, 3.8) is 0 Å². The van der Waals surface area contributed by atoms with Gasteiger partial charge < -0.3 is 24.6 Å². The van der Waals surface area contributed by atoms with Crippen LogP contribution in [0.25, 0.3) is 5.76 Å². The van der Waals surface area contributed by atoms with Crippen molar-refractivity contribution in [2.24, 2.45) is 0 Å². The normalized spacial score (nSPS) is 20.0. The molecule has 188 valence electrons. The van der Waals surface area contributed by atoms with Crippen molar-refractivity contribution >= 4 is 23.4 Å². The first-order chi connectivity index (χ1) is 17.8. The van der Waals surface area contributed by atoms with Gasteiger partial charge in [-0.15, -0.1) is 0 Å². The van der Waals surface area contributed by atoms with E-state index in [4.69, 9.17) is 9.47 Å². The van der Waals surface area contributed by atoms with Gasteiger partial charge in [0.1, 0.15) is 23.4 Å². The van der Waals surface area contributed by atoms with Crippen LogP contribution in [0.2, 0.25) is 0 Å². The average Bonchev–Trinajstić information content (AvgIpc) is 3.39. The van der Waals surface area contributed by atoms with E-state index in [2.05, 4.69) is 0 Å². The van der Waals surface area contributed by atoms with Gasteiger partial charge >= 0.3 is 5.97 Å². The summed E-state index contributed by atoms with van der Waals surface area (Å²) in [6.45, 7) is 1.98. The summed E-state index contributed by atoms with van der Waals surface area (Å²) in [4.78, 5) is 39.3. The number of amides is 1. The second kappa shape index (κ2) is 9.46. The number of Topliss-reactive ketones (excluding diaryl/α,β-unsaturated/α-hetero) is 1. The number of ether oxygens (including phenoxy) is 2. The molecule has 37 heavy (non-hydrogen) atoms. The first kappa shape index (κ1) is 24.1. The molecular formula is C29H25NO7. The van der Waals surface area contributed by atoms with Crippen molar-refractivity contribution in [1.82, 2.24) is 4.90 Å². The van der Waals surface area contributed by atoms with E-state index >= 15 is 0 Å². The molecule has 1 fully saturated rings. The van der Waals surface area contributed by atoms with E-state index in [0.717, 1.165) is 11.3 Å². The number of aromatic carboxylic acids is 1. The number of benzene rings is 3. The van der Waals surface area contributed by atoms with E-state index in [1.807, 2.05) is 6.92 Å². The summed E-state index contributed by atoms with van der Waals surface area (Å²) < 4.78 is 11.3. The molecule has 3 aromatic carbocycles. The van der Waals surface area contributed by atoms with Crippen LogP contribution in [-0.2, 0) is 22.6 Å². The molecular weight excluding hydrogens is 474 g/mol. The molecule has 8 heteroatoms. The number of aliphatic hydroxyl groups excluding tert-OH is 1. The van der Waals surface area contributed by atoms with Crippen LogP contribution in [0.4, 0.5) is 0 Å². The standard InChI is InChI=1S/C29H25NO7/c1-16-13-20-14-19(11-12-22(20)37-16)26(31)24-25(21-5-3-4-6-23(21)36-2)30(28(33)27(24)32)15-17-7-9-18(10-8-17)29(34)35/h3-12,14,16,25,31H,13,15H2,1-2H3,(H,34,35)/b26-24+. The predicted molar refractivity (Wildman–Crippen MR) is 134 cm³/mol. The highest BCUT2D eigenvalue weighted by molar-refractivity contribution is 6.46. The monoisotopic (exact) mass is 499 g/mol. The van der Waals surface area contributed by atoms with Crippen LogP contribution in [0.5, 0.6) is 11.5 Å². The molecule has 0 aromatic heterocycles. The molecule has 2 N–H and O–H groups in total. The van der Waals surface area contributed by atoms with Crippen molar-refractivity contribution in [2.45, 2.75) is 32.0 Å². The van der Waals surface area contributed by atoms with Gasteiger partial charge in [-0.1, -0.05) is 30.3 Å². The van der Waals surface area contributed by atoms with E-state index < -0.39 is 23.7 Å². The maximum absolute atomic E-state index is 13.4. The number of hydrogen-bond donors (Lipinski definition) is 2. The summed E-state index contributed by atoms with van der Waals surface area (Å²) in [6.07, 6.45) is 0.687. The smallest absolute Gasteiger partial charge is 0.335 e. The van der Waals surface area contributed by atoms with Gasteiger partial charge in [0, 0.05) is 24.1 Å². The van der Waals surface area contributed by atoms with E-state index in [1.165, 1.54) is 24.1 Å². The van der Waals surface area contributed by atoms with E-state index in [9.17, 15) is 24.6 Å². The van der Waals surface area contributed by atoms with E-state index in [0.29, 0.717) is 28.9 Å². The molecule has 1 saturated heterocycles. The molecule has 8 nitrogen and oxygen atoms in total. The van der Waals surface area contributed by atoms with Gasteiger partial charge in [0.05, 0.1) is 24.3 Å². The van der Waals surface area contributed by atoms with Crippen molar-refractivity contribution in [2.75, 3.05) is 7.11 Å². The number of aliphatic hydroxyl groups is 1. The Labute approximate surface area is 213 Å². The Hall–Kier alpha value is -4.59. The summed E-state index contributed by atoms with van der Waals surface area (Å²) in [5, 5.41) is 20.6. The van der Waals surface area contributed by atoms with Crippen LogP contribution in [0.1, 0.15) is 45.6 Å². The lowest BCUT2D eigenvalue weighted by Crippen LogP contribution is -2.29. The van der Waals surface area contributed by atoms with Crippen molar-refractivity contribution < 1.29 is 34.1 Å². The van der Waals surface area contributed by atoms with Crippen LogP contribution in [0, 0.1) is 0 Å². The van der Waals surface area contributed by atoms with Gasteiger partial charge in [0.25, 0.3) is 11.7 Å². The maximum Gasteiger partial charge on any atom is 0.335 e. The first-order valence-corrected chi connectivity index (χ1v) is 11.8. The molecule has 1 amide bonds. The number of para-hydroxylation sites is 1. The van der Waals surface area contributed by atoms with Crippen LogP contribution < -0.4 is 9.47 Å². The fourth-order valence-electron chi connectivity index (χ4n) is 4.93. The third-order valence-electron chi connectivity index (χ3n) is 6.70. The second-order valence-electron chi connectivity index (χ2n) is 9.13. The zero-order valence-electron chi connectivity index (χ0n) is 20.3. The molecule has 0 spiro atoms. The van der Waals surface area contributed by atoms with Gasteiger partial charge in [0.2, 0.25) is 0 Å². The highest BCUT2D eigenvalue weighted by atomic mass is 16.5. The Bertz CT molecular complexity index is 1440. The second-order valence-corrected chi connectivity index (χ2v) is 9.13. The molecule has 3 aromatic rings. The zero-order valence-corrected chi connectivity index (χ0v) is 20.3. The van der Waals surface area contributed by atoms with Crippen LogP contribution >= 0.6 is 0 Å². The lowest BCUT2D eigenvalue weighted by atomic mass is 9.93. The topological polar surface area (TPSA) is 113 Å². The third kappa shape index (κ3) is 4.31. The molecule has 2 atom stereocenters. The number of carboxylic acid groups (broad SMARTS) is 1. The van der Waals surface area contributed by atoms with Gasteiger partial charge in [-0.05, 0) is 54.4 Å². The summed E-state index contributed by atoms with van der Waals surface area (Å²) >= 11 is 0. The number of fused-ring (bicyclic) bond motifs is 1. The van der Waals surface area contributed by atoms with Crippen LogP contribution in [-0.4, -0.2) is 46.0 Å². The first-order valence-electron chi connectivity index (χ1n) is 11.8. The van der Waals surface area contributed by atoms with Gasteiger partial charge in [0.15, 0.2) is 0 Å². The number of likely N-dealkylation sites (tertiary alicyclic amines) is 1. The quantitative estimate of drug-likeness (QED) is 0.295. The lowest BCUT2D eigenvalue weighted by Gasteiger charge is -2.26. The number of nitrogens with zero attached hydrogens (tertiary/aromatic N) is 1. The minimum Gasteiger partial charge on any atom is -0.507 e. The van der Waals surface area contributed by atoms with Crippen LogP contribution in [0.3, 0.4) is 0 Å². The van der Waals surface area contributed by atoms with Gasteiger partial charge in [-0.25, -0.2) is 4.79 Å². The molecule has 0 bridgehead atoms. The minimum absolute atomic E-state index is 0.0130. The third-order valence-corrected chi connectivity index (χ3v) is 6.70. The lowest BCUT2D eigenvalue weighted by molar-refractivity contribution is -0.140. The SMILES string of the molecule is COc1ccccc1C1/C(=C(\O)c2ccc3c(c2)CC(C)O3)C(=O)C(=O)N1Cc1ccc(C(=O)O)cc1. The Kier molecular flexibility index (Phi) is 6.17. The molecule has 0 radical (unpaired) electrons. The summed E-state index contributed by atoms with van der Waals surface area (Å²) in [5.41, 5.74) is 2.59. The number of carbonyl (C=O) groups is 3. The zero-order chi connectivity index (χ0) is 26.3. The van der Waals surface area contributed by atoms with Gasteiger partial charge in [-0.2, -0.15) is 0 Å². The molecule has 2 unspecified atom stereocenters. The summed E-state index contributed by atoms with van der Waals surface area (Å²) in [5.74, 6) is -1.72. The number of carboxylic acids is 1. The highest BCUT2D eigenvalue weighted by Crippen LogP contribution is 2.44. The maximum atomic E-state index is 13.4.